The number of carbonyl (C=O) groups is 1. The number of fused-ring (bicyclic) bond motifs is 1. The maximum atomic E-state index is 12.7. The van der Waals surface area contributed by atoms with Crippen molar-refractivity contribution in [3.05, 3.63) is 47.5 Å². The largest absolute Gasteiger partial charge is 0.431 e. The molecule has 2 N–H and O–H groups in total. The average Bonchev–Trinajstić information content (AvgIpc) is 3.50. The minimum absolute atomic E-state index is 0.0839. The van der Waals surface area contributed by atoms with Gasteiger partial charge in [0.1, 0.15) is 5.52 Å². The van der Waals surface area contributed by atoms with Gasteiger partial charge in [-0.15, -0.1) is 10.2 Å². The molecule has 0 saturated carbocycles. The van der Waals surface area contributed by atoms with Crippen molar-refractivity contribution in [2.75, 3.05) is 11.1 Å². The Morgan fingerprint density at radius 1 is 1.03 bits per heavy atom. The van der Waals surface area contributed by atoms with Crippen LogP contribution in [0, 0.1) is 0 Å². The van der Waals surface area contributed by atoms with E-state index in [2.05, 4.69) is 76.8 Å². The standard InChI is InChI=1S/C26H32N6O2S/c1-16(2)18-10-8-11-19(17(3)4)23(18)28-22(33)14-6-5-7-15-35-26-27-21-13-9-12-20(24(21)34-26)25-29-31-32-30-25/h8-13,16-17H,5-7,14-15H2,1-4H3,(H,28,33)(H,29,30,31,32). The Hall–Kier alpha value is -3.20. The number of hydrogen-bond donors (Lipinski definition) is 2. The maximum absolute atomic E-state index is 12.7. The molecule has 184 valence electrons. The van der Waals surface area contributed by atoms with Gasteiger partial charge in [0.25, 0.3) is 5.22 Å². The van der Waals surface area contributed by atoms with Gasteiger partial charge in [-0.05, 0) is 53.2 Å². The number of nitrogens with one attached hydrogen (secondary N) is 2. The predicted octanol–water partition coefficient (Wildman–Crippen LogP) is 6.55. The SMILES string of the molecule is CC(C)c1cccc(C(C)C)c1NC(=O)CCCCCSc1nc2cccc(-c3nn[nH]n3)c2o1. The molecule has 4 aromatic rings. The van der Waals surface area contributed by atoms with Gasteiger partial charge in [0.05, 0.1) is 5.56 Å². The Morgan fingerprint density at radius 2 is 1.77 bits per heavy atom. The van der Waals surface area contributed by atoms with E-state index < -0.39 is 0 Å². The number of anilines is 1. The van der Waals surface area contributed by atoms with Crippen molar-refractivity contribution < 1.29 is 9.21 Å². The zero-order valence-electron chi connectivity index (χ0n) is 20.7. The normalized spacial score (nSPS) is 11.6. The second-order valence-corrected chi connectivity index (χ2v) is 10.2. The zero-order valence-corrected chi connectivity index (χ0v) is 21.5. The molecule has 4 rings (SSSR count). The Kier molecular flexibility index (Phi) is 8.17. The number of H-pyrrole nitrogens is 1. The van der Waals surface area contributed by atoms with E-state index in [0.29, 0.717) is 34.9 Å². The van der Waals surface area contributed by atoms with Gasteiger partial charge in [-0.3, -0.25) is 4.79 Å². The van der Waals surface area contributed by atoms with Crippen LogP contribution in [0.25, 0.3) is 22.5 Å². The van der Waals surface area contributed by atoms with E-state index in [9.17, 15) is 4.79 Å². The van der Waals surface area contributed by atoms with Gasteiger partial charge in [-0.2, -0.15) is 5.21 Å². The molecule has 0 saturated heterocycles. The van der Waals surface area contributed by atoms with Crippen LogP contribution in [0.15, 0.2) is 46.0 Å². The summed E-state index contributed by atoms with van der Waals surface area (Å²) in [7, 11) is 0. The van der Waals surface area contributed by atoms with Crippen LogP contribution in [-0.4, -0.2) is 37.3 Å². The van der Waals surface area contributed by atoms with E-state index >= 15 is 0 Å². The Bertz CT molecular complexity index is 1240. The van der Waals surface area contributed by atoms with E-state index in [4.69, 9.17) is 4.42 Å². The number of para-hydroxylation sites is 2. The third-order valence-corrected chi connectivity index (χ3v) is 6.81. The lowest BCUT2D eigenvalue weighted by atomic mass is 9.92. The number of nitrogens with zero attached hydrogens (tertiary/aromatic N) is 4. The predicted molar refractivity (Wildman–Crippen MR) is 140 cm³/mol. The van der Waals surface area contributed by atoms with Crippen molar-refractivity contribution in [2.45, 2.75) is 70.4 Å². The molecule has 0 radical (unpaired) electrons. The Morgan fingerprint density at radius 3 is 2.46 bits per heavy atom. The lowest BCUT2D eigenvalue weighted by Crippen LogP contribution is -2.15. The monoisotopic (exact) mass is 492 g/mol. The topological polar surface area (TPSA) is 110 Å². The van der Waals surface area contributed by atoms with Crippen molar-refractivity contribution in [3.8, 4) is 11.4 Å². The molecule has 0 aliphatic rings. The number of hydrogen-bond acceptors (Lipinski definition) is 7. The van der Waals surface area contributed by atoms with Gasteiger partial charge < -0.3 is 9.73 Å². The molecule has 9 heteroatoms. The highest BCUT2D eigenvalue weighted by Gasteiger charge is 2.16. The number of benzene rings is 2. The molecule has 2 heterocycles. The van der Waals surface area contributed by atoms with Crippen molar-refractivity contribution in [1.82, 2.24) is 25.6 Å². The van der Waals surface area contributed by atoms with E-state index in [-0.39, 0.29) is 5.91 Å². The van der Waals surface area contributed by atoms with Crippen LogP contribution < -0.4 is 5.32 Å². The molecular formula is C26H32N6O2S. The van der Waals surface area contributed by atoms with Gasteiger partial charge in [0, 0.05) is 17.9 Å². The number of rotatable bonds is 11. The highest BCUT2D eigenvalue weighted by atomic mass is 32.2. The molecule has 0 aliphatic heterocycles. The van der Waals surface area contributed by atoms with Gasteiger partial charge in [0.15, 0.2) is 5.58 Å². The minimum atomic E-state index is 0.0839. The van der Waals surface area contributed by atoms with E-state index in [1.807, 2.05) is 18.2 Å². The van der Waals surface area contributed by atoms with Crippen molar-refractivity contribution in [3.63, 3.8) is 0 Å². The molecule has 0 bridgehead atoms. The summed E-state index contributed by atoms with van der Waals surface area (Å²) in [6.07, 6.45) is 3.32. The summed E-state index contributed by atoms with van der Waals surface area (Å²) in [6.45, 7) is 8.65. The van der Waals surface area contributed by atoms with Crippen LogP contribution in [0.4, 0.5) is 5.69 Å². The second-order valence-electron chi connectivity index (χ2n) is 9.20. The van der Waals surface area contributed by atoms with Crippen molar-refractivity contribution in [2.24, 2.45) is 0 Å². The van der Waals surface area contributed by atoms with Gasteiger partial charge in [0.2, 0.25) is 11.7 Å². The fraction of sp³-hybridized carbons (Fsp3) is 0.423. The Balaban J connectivity index is 1.25. The third-order valence-electron chi connectivity index (χ3n) is 5.89. The number of oxazole rings is 1. The molecule has 2 aromatic carbocycles. The molecule has 8 nitrogen and oxygen atoms in total. The first-order valence-corrected chi connectivity index (χ1v) is 13.1. The van der Waals surface area contributed by atoms with E-state index in [1.165, 1.54) is 11.1 Å². The highest BCUT2D eigenvalue weighted by Crippen LogP contribution is 2.33. The number of unbranched alkanes of at least 4 members (excludes halogenated alkanes) is 2. The summed E-state index contributed by atoms with van der Waals surface area (Å²) < 4.78 is 5.96. The first kappa shape index (κ1) is 24.9. The van der Waals surface area contributed by atoms with Crippen LogP contribution in [0.5, 0.6) is 0 Å². The second kappa shape index (κ2) is 11.5. The lowest BCUT2D eigenvalue weighted by molar-refractivity contribution is -0.116. The summed E-state index contributed by atoms with van der Waals surface area (Å²) in [5.41, 5.74) is 5.59. The van der Waals surface area contributed by atoms with Crippen LogP contribution >= 0.6 is 11.8 Å². The van der Waals surface area contributed by atoms with Crippen LogP contribution in [-0.2, 0) is 4.79 Å². The summed E-state index contributed by atoms with van der Waals surface area (Å²) in [5, 5.41) is 18.0. The number of tetrazole rings is 1. The molecule has 0 aliphatic carbocycles. The smallest absolute Gasteiger partial charge is 0.256 e. The summed E-state index contributed by atoms with van der Waals surface area (Å²) in [5.74, 6) is 2.16. The molecule has 0 atom stereocenters. The lowest BCUT2D eigenvalue weighted by Gasteiger charge is -2.20. The first-order chi connectivity index (χ1) is 16.9. The average molecular weight is 493 g/mol. The van der Waals surface area contributed by atoms with Crippen LogP contribution in [0.2, 0.25) is 0 Å². The number of carbonyl (C=O) groups excluding carboxylic acids is 1. The number of amides is 1. The third kappa shape index (κ3) is 6.08. The summed E-state index contributed by atoms with van der Waals surface area (Å²) in [6, 6.07) is 12.0. The van der Waals surface area contributed by atoms with Gasteiger partial charge in [-0.1, -0.05) is 70.1 Å². The number of thioether (sulfide) groups is 1. The maximum Gasteiger partial charge on any atom is 0.256 e. The number of aromatic amines is 1. The minimum Gasteiger partial charge on any atom is -0.431 e. The van der Waals surface area contributed by atoms with Crippen LogP contribution in [0.1, 0.15) is 76.3 Å². The summed E-state index contributed by atoms with van der Waals surface area (Å²) in [4.78, 5) is 17.3. The fourth-order valence-corrected chi connectivity index (χ4v) is 4.89. The molecular weight excluding hydrogens is 460 g/mol. The molecule has 35 heavy (non-hydrogen) atoms. The highest BCUT2D eigenvalue weighted by molar-refractivity contribution is 7.99. The zero-order chi connectivity index (χ0) is 24.8. The van der Waals surface area contributed by atoms with Crippen LogP contribution in [0.3, 0.4) is 0 Å². The Labute approximate surface area is 209 Å². The molecule has 2 aromatic heterocycles. The van der Waals surface area contributed by atoms with Gasteiger partial charge in [-0.25, -0.2) is 4.98 Å². The van der Waals surface area contributed by atoms with E-state index in [1.54, 1.807) is 11.8 Å². The first-order valence-electron chi connectivity index (χ1n) is 12.1. The van der Waals surface area contributed by atoms with Gasteiger partial charge >= 0.3 is 0 Å². The fourth-order valence-electron chi connectivity index (χ4n) is 4.06. The summed E-state index contributed by atoms with van der Waals surface area (Å²) >= 11 is 1.58. The number of aromatic nitrogens is 5. The van der Waals surface area contributed by atoms with Crippen molar-refractivity contribution in [1.29, 1.82) is 0 Å². The van der Waals surface area contributed by atoms with E-state index in [0.717, 1.165) is 41.8 Å². The molecule has 1 amide bonds. The molecule has 0 spiro atoms. The molecule has 0 unspecified atom stereocenters. The van der Waals surface area contributed by atoms with Crippen molar-refractivity contribution >= 4 is 34.5 Å². The quantitative estimate of drug-likeness (QED) is 0.180. The molecule has 0 fully saturated rings.